The van der Waals surface area contributed by atoms with Crippen LogP contribution in [-0.4, -0.2) is 30.1 Å². The maximum absolute atomic E-state index is 12.4. The molecule has 3 rings (SSSR count). The van der Waals surface area contributed by atoms with Crippen molar-refractivity contribution in [3.63, 3.8) is 0 Å². The van der Waals surface area contributed by atoms with Crippen molar-refractivity contribution in [1.29, 1.82) is 0 Å². The number of carbonyl (C=O) groups excluding carboxylic acids is 1. The Hall–Kier alpha value is -0.870. The van der Waals surface area contributed by atoms with Crippen LogP contribution in [0.15, 0.2) is 17.5 Å². The van der Waals surface area contributed by atoms with Gasteiger partial charge in [-0.25, -0.2) is 0 Å². The molecule has 2 unspecified atom stereocenters. The Morgan fingerprint density at radius 1 is 1.41 bits per heavy atom. The quantitative estimate of drug-likeness (QED) is 0.808. The summed E-state index contributed by atoms with van der Waals surface area (Å²) in [4.78, 5) is 15.7. The summed E-state index contributed by atoms with van der Waals surface area (Å²) >= 11 is 1.75. The lowest BCUT2D eigenvalue weighted by Gasteiger charge is -2.26. The second-order valence-electron chi connectivity index (χ2n) is 4.71. The predicted molar refractivity (Wildman–Crippen MR) is 67.0 cm³/mol. The summed E-state index contributed by atoms with van der Waals surface area (Å²) in [6, 6.07) is 4.50. The van der Waals surface area contributed by atoms with E-state index in [1.165, 1.54) is 4.88 Å². The zero-order chi connectivity index (χ0) is 11.7. The van der Waals surface area contributed by atoms with Crippen LogP contribution in [0.2, 0.25) is 0 Å². The molecule has 4 heteroatoms. The predicted octanol–water partition coefficient (Wildman–Crippen LogP) is 2.59. The molecule has 2 atom stereocenters. The van der Waals surface area contributed by atoms with Crippen molar-refractivity contribution in [2.24, 2.45) is 0 Å². The van der Waals surface area contributed by atoms with Crippen LogP contribution in [0.5, 0.6) is 0 Å². The first kappa shape index (κ1) is 11.2. The van der Waals surface area contributed by atoms with Gasteiger partial charge in [-0.1, -0.05) is 6.07 Å². The molecule has 17 heavy (non-hydrogen) atoms. The first-order valence-electron chi connectivity index (χ1n) is 6.32. The van der Waals surface area contributed by atoms with Crippen molar-refractivity contribution in [1.82, 2.24) is 4.90 Å². The van der Waals surface area contributed by atoms with Gasteiger partial charge in [0.15, 0.2) is 0 Å². The van der Waals surface area contributed by atoms with Crippen LogP contribution in [0.4, 0.5) is 0 Å². The summed E-state index contributed by atoms with van der Waals surface area (Å²) in [6.07, 6.45) is 3.95. The second-order valence-corrected chi connectivity index (χ2v) is 5.69. The van der Waals surface area contributed by atoms with Crippen molar-refractivity contribution in [3.05, 3.63) is 22.4 Å². The molecule has 0 aromatic carbocycles. The van der Waals surface area contributed by atoms with Gasteiger partial charge in [-0.05, 0) is 37.1 Å². The number of amides is 1. The molecule has 3 nitrogen and oxygen atoms in total. The molecule has 92 valence electrons. The molecule has 3 heterocycles. The van der Waals surface area contributed by atoms with E-state index in [-0.39, 0.29) is 12.0 Å². The molecule has 0 radical (unpaired) electrons. The number of rotatable bonds is 2. The number of carbonyl (C=O) groups is 1. The third-order valence-corrected chi connectivity index (χ3v) is 4.59. The van der Waals surface area contributed by atoms with E-state index in [2.05, 4.69) is 17.5 Å². The normalized spacial score (nSPS) is 28.8. The average molecular weight is 251 g/mol. The van der Waals surface area contributed by atoms with Crippen molar-refractivity contribution < 1.29 is 9.53 Å². The number of likely N-dealkylation sites (tertiary alicyclic amines) is 1. The molecular weight excluding hydrogens is 234 g/mol. The highest BCUT2D eigenvalue weighted by Crippen LogP contribution is 2.35. The van der Waals surface area contributed by atoms with Crippen LogP contribution in [0.25, 0.3) is 0 Å². The van der Waals surface area contributed by atoms with E-state index in [1.807, 2.05) is 4.90 Å². The van der Waals surface area contributed by atoms with Crippen molar-refractivity contribution in [2.75, 3.05) is 13.2 Å². The van der Waals surface area contributed by atoms with Gasteiger partial charge in [-0.15, -0.1) is 11.3 Å². The first-order valence-corrected chi connectivity index (χ1v) is 7.20. The molecule has 0 N–H and O–H groups in total. The highest BCUT2D eigenvalue weighted by Gasteiger charge is 2.35. The number of ether oxygens (including phenoxy) is 1. The Morgan fingerprint density at radius 2 is 2.35 bits per heavy atom. The average Bonchev–Trinajstić information content (AvgIpc) is 3.09. The molecule has 2 fully saturated rings. The zero-order valence-electron chi connectivity index (χ0n) is 9.80. The number of nitrogens with zero attached hydrogens (tertiary/aromatic N) is 1. The van der Waals surface area contributed by atoms with E-state index < -0.39 is 0 Å². The van der Waals surface area contributed by atoms with Crippen molar-refractivity contribution in [2.45, 2.75) is 37.8 Å². The summed E-state index contributed by atoms with van der Waals surface area (Å²) in [5.74, 6) is 0.207. The monoisotopic (exact) mass is 251 g/mol. The third-order valence-electron chi connectivity index (χ3n) is 3.61. The first-order chi connectivity index (χ1) is 8.36. The Balaban J connectivity index is 1.75. The molecule has 0 spiro atoms. The molecule has 1 amide bonds. The van der Waals surface area contributed by atoms with Gasteiger partial charge in [-0.2, -0.15) is 0 Å². The van der Waals surface area contributed by atoms with Crippen LogP contribution in [0.1, 0.15) is 36.6 Å². The molecule has 1 aromatic heterocycles. The smallest absolute Gasteiger partial charge is 0.252 e. The molecule has 1 aromatic rings. The summed E-state index contributed by atoms with van der Waals surface area (Å²) < 4.78 is 5.51. The summed E-state index contributed by atoms with van der Waals surface area (Å²) in [7, 11) is 0. The van der Waals surface area contributed by atoms with Crippen LogP contribution in [0, 0.1) is 0 Å². The Kier molecular flexibility index (Phi) is 3.16. The Labute approximate surface area is 105 Å². The molecule has 2 saturated heterocycles. The Bertz CT molecular complexity index is 384. The molecule has 2 aliphatic heterocycles. The lowest BCUT2D eigenvalue weighted by atomic mass is 10.1. The lowest BCUT2D eigenvalue weighted by molar-refractivity contribution is -0.141. The van der Waals surface area contributed by atoms with Gasteiger partial charge in [-0.3, -0.25) is 4.79 Å². The van der Waals surface area contributed by atoms with Gasteiger partial charge in [0.2, 0.25) is 0 Å². The lowest BCUT2D eigenvalue weighted by Crippen LogP contribution is -2.38. The number of hydrogen-bond donors (Lipinski definition) is 0. The molecular formula is C13H17NO2S. The van der Waals surface area contributed by atoms with Crippen LogP contribution < -0.4 is 0 Å². The number of thiophene rings is 1. The van der Waals surface area contributed by atoms with E-state index in [0.717, 1.165) is 38.8 Å². The van der Waals surface area contributed by atoms with Gasteiger partial charge in [0.05, 0.1) is 6.04 Å². The van der Waals surface area contributed by atoms with Crippen molar-refractivity contribution >= 4 is 17.2 Å². The largest absolute Gasteiger partial charge is 0.368 e. The highest BCUT2D eigenvalue weighted by atomic mass is 32.1. The van der Waals surface area contributed by atoms with Gasteiger partial charge < -0.3 is 9.64 Å². The standard InChI is InChI=1S/C13H17NO2S/c15-13(11-5-2-8-16-11)14-7-1-4-10(14)12-6-3-9-17-12/h3,6,9-11H,1-2,4-5,7-8H2. The zero-order valence-corrected chi connectivity index (χ0v) is 10.6. The van der Waals surface area contributed by atoms with Crippen LogP contribution in [-0.2, 0) is 9.53 Å². The van der Waals surface area contributed by atoms with E-state index in [1.54, 1.807) is 11.3 Å². The van der Waals surface area contributed by atoms with E-state index in [4.69, 9.17) is 4.74 Å². The SMILES string of the molecule is O=C(C1CCCO1)N1CCCC1c1cccs1. The summed E-state index contributed by atoms with van der Waals surface area (Å²) in [5.41, 5.74) is 0. The second kappa shape index (κ2) is 4.78. The van der Waals surface area contributed by atoms with Gasteiger partial charge in [0.1, 0.15) is 6.10 Å². The fourth-order valence-electron chi connectivity index (χ4n) is 2.76. The van der Waals surface area contributed by atoms with E-state index in [0.29, 0.717) is 6.04 Å². The minimum absolute atomic E-state index is 0.171. The maximum Gasteiger partial charge on any atom is 0.252 e. The van der Waals surface area contributed by atoms with Gasteiger partial charge >= 0.3 is 0 Å². The Morgan fingerprint density at radius 3 is 3.06 bits per heavy atom. The fraction of sp³-hybridized carbons (Fsp3) is 0.615. The molecule has 0 aliphatic carbocycles. The highest BCUT2D eigenvalue weighted by molar-refractivity contribution is 7.10. The van der Waals surface area contributed by atoms with Gasteiger partial charge in [0.25, 0.3) is 5.91 Å². The maximum atomic E-state index is 12.4. The van der Waals surface area contributed by atoms with Crippen LogP contribution in [0.3, 0.4) is 0 Å². The van der Waals surface area contributed by atoms with E-state index >= 15 is 0 Å². The van der Waals surface area contributed by atoms with E-state index in [9.17, 15) is 4.79 Å². The fourth-order valence-corrected chi connectivity index (χ4v) is 3.64. The summed E-state index contributed by atoms with van der Waals surface area (Å²) in [5, 5.41) is 2.09. The number of hydrogen-bond acceptors (Lipinski definition) is 3. The minimum atomic E-state index is -0.171. The minimum Gasteiger partial charge on any atom is -0.368 e. The molecule has 0 bridgehead atoms. The van der Waals surface area contributed by atoms with Crippen LogP contribution >= 0.6 is 11.3 Å². The summed E-state index contributed by atoms with van der Waals surface area (Å²) in [6.45, 7) is 1.63. The van der Waals surface area contributed by atoms with Gasteiger partial charge in [0, 0.05) is 18.0 Å². The molecule has 2 aliphatic rings. The topological polar surface area (TPSA) is 29.5 Å². The third kappa shape index (κ3) is 2.11. The van der Waals surface area contributed by atoms with Crippen molar-refractivity contribution in [3.8, 4) is 0 Å². The molecule has 0 saturated carbocycles.